The Hall–Kier alpha value is -0.910. The largest absolute Gasteiger partial charge is 0.389 e. The summed E-state index contributed by atoms with van der Waals surface area (Å²) in [5.41, 5.74) is 0. The predicted molar refractivity (Wildman–Crippen MR) is 55.1 cm³/mol. The van der Waals surface area contributed by atoms with Gasteiger partial charge >= 0.3 is 0 Å². The van der Waals surface area contributed by atoms with Crippen LogP contribution in [0.15, 0.2) is 18.5 Å². The lowest BCUT2D eigenvalue weighted by Crippen LogP contribution is -2.21. The number of aliphatic hydroxyl groups is 1. The van der Waals surface area contributed by atoms with Crippen molar-refractivity contribution in [3.05, 3.63) is 18.5 Å². The van der Waals surface area contributed by atoms with Gasteiger partial charge in [-0.2, -0.15) is 5.10 Å². The lowest BCUT2D eigenvalue weighted by molar-refractivity contribution is 0.0514. The molecule has 0 saturated heterocycles. The van der Waals surface area contributed by atoms with E-state index in [1.54, 1.807) is 24.2 Å². The van der Waals surface area contributed by atoms with Gasteiger partial charge in [-0.25, -0.2) is 0 Å². The summed E-state index contributed by atoms with van der Waals surface area (Å²) >= 11 is 0. The molecule has 0 aliphatic rings. The molecular weight excluding hydrogens is 182 g/mol. The molecule has 1 aromatic rings. The molecule has 0 aliphatic carbocycles. The summed E-state index contributed by atoms with van der Waals surface area (Å²) in [6.07, 6.45) is 3.01. The van der Waals surface area contributed by atoms with Gasteiger partial charge in [-0.15, -0.1) is 0 Å². The second-order valence-corrected chi connectivity index (χ2v) is 2.84. The van der Waals surface area contributed by atoms with Gasteiger partial charge in [-0.05, 0) is 20.2 Å². The van der Waals surface area contributed by atoms with Crippen LogP contribution in [0, 0.1) is 0 Å². The maximum Gasteiger partial charge on any atom is 0.0968 e. The Labute approximate surface area is 84.7 Å². The van der Waals surface area contributed by atoms with Gasteiger partial charge in [0, 0.05) is 19.5 Å². The number of aliphatic hydroxyl groups excluding tert-OH is 1. The van der Waals surface area contributed by atoms with Crippen LogP contribution in [0.4, 0.5) is 0 Å². The average molecular weight is 201 g/mol. The lowest BCUT2D eigenvalue weighted by atomic mass is 10.4. The van der Waals surface area contributed by atoms with Crippen molar-refractivity contribution in [2.75, 3.05) is 27.8 Å². The normalized spacial score (nSPS) is 11.7. The van der Waals surface area contributed by atoms with Crippen molar-refractivity contribution in [2.24, 2.45) is 0 Å². The highest BCUT2D eigenvalue weighted by molar-refractivity contribution is 4.78. The smallest absolute Gasteiger partial charge is 0.0968 e. The second-order valence-electron chi connectivity index (χ2n) is 2.84. The molecule has 0 amide bonds. The van der Waals surface area contributed by atoms with Crippen molar-refractivity contribution >= 4 is 0 Å². The van der Waals surface area contributed by atoms with Gasteiger partial charge < -0.3 is 15.2 Å². The Morgan fingerprint density at radius 3 is 2.64 bits per heavy atom. The van der Waals surface area contributed by atoms with Crippen molar-refractivity contribution in [2.45, 2.75) is 12.6 Å². The minimum absolute atomic E-state index is 0.347. The molecule has 0 fully saturated rings. The molecule has 1 atom stereocenters. The predicted octanol–water partition coefficient (Wildman–Crippen LogP) is -0.274. The first kappa shape index (κ1) is 13.1. The number of ether oxygens (including phenoxy) is 1. The number of nitrogens with one attached hydrogen (secondary N) is 1. The first-order valence-electron chi connectivity index (χ1n) is 4.47. The van der Waals surface area contributed by atoms with Crippen molar-refractivity contribution in [3.8, 4) is 0 Å². The molecule has 0 bridgehead atoms. The fourth-order valence-electron chi connectivity index (χ4n) is 0.869. The van der Waals surface area contributed by atoms with Gasteiger partial charge in [0.1, 0.15) is 0 Å². The van der Waals surface area contributed by atoms with Crippen LogP contribution in [0.1, 0.15) is 0 Å². The minimum atomic E-state index is -0.472. The van der Waals surface area contributed by atoms with Gasteiger partial charge in [-0.1, -0.05) is 0 Å². The van der Waals surface area contributed by atoms with E-state index in [9.17, 15) is 5.11 Å². The summed E-state index contributed by atoms with van der Waals surface area (Å²) < 4.78 is 6.43. The summed E-state index contributed by atoms with van der Waals surface area (Å²) in [4.78, 5) is 0. The van der Waals surface area contributed by atoms with Gasteiger partial charge in [-0.3, -0.25) is 4.68 Å². The zero-order chi connectivity index (χ0) is 10.8. The van der Waals surface area contributed by atoms with Crippen molar-refractivity contribution < 1.29 is 9.84 Å². The SMILES string of the molecule is CNC.COCC(O)Cn1cccn1. The first-order valence-corrected chi connectivity index (χ1v) is 4.47. The van der Waals surface area contributed by atoms with Crippen LogP contribution in [0.5, 0.6) is 0 Å². The molecule has 2 N–H and O–H groups in total. The molecular formula is C9H19N3O2. The Kier molecular flexibility index (Phi) is 8.11. The summed E-state index contributed by atoms with van der Waals surface area (Å²) in [6.45, 7) is 0.834. The van der Waals surface area contributed by atoms with Crippen LogP contribution in [0.3, 0.4) is 0 Å². The van der Waals surface area contributed by atoms with Gasteiger partial charge in [0.2, 0.25) is 0 Å². The zero-order valence-corrected chi connectivity index (χ0v) is 8.97. The topological polar surface area (TPSA) is 59.3 Å². The van der Waals surface area contributed by atoms with E-state index < -0.39 is 6.10 Å². The molecule has 1 aromatic heterocycles. The van der Waals surface area contributed by atoms with Crippen molar-refractivity contribution in [3.63, 3.8) is 0 Å². The highest BCUT2D eigenvalue weighted by Crippen LogP contribution is 1.90. The highest BCUT2D eigenvalue weighted by Gasteiger charge is 2.02. The summed E-state index contributed by atoms with van der Waals surface area (Å²) in [5.74, 6) is 0. The van der Waals surface area contributed by atoms with Gasteiger partial charge in [0.05, 0.1) is 19.3 Å². The monoisotopic (exact) mass is 201 g/mol. The molecule has 0 spiro atoms. The maximum absolute atomic E-state index is 9.24. The van der Waals surface area contributed by atoms with Crippen LogP contribution in [0.2, 0.25) is 0 Å². The second kappa shape index (κ2) is 8.68. The first-order chi connectivity index (χ1) is 6.74. The molecule has 0 aromatic carbocycles. The van der Waals surface area contributed by atoms with E-state index in [-0.39, 0.29) is 0 Å². The third kappa shape index (κ3) is 6.59. The number of rotatable bonds is 4. The molecule has 0 aliphatic heterocycles. The fourth-order valence-corrected chi connectivity index (χ4v) is 0.869. The highest BCUT2D eigenvalue weighted by atomic mass is 16.5. The Bertz CT molecular complexity index is 202. The van der Waals surface area contributed by atoms with Crippen LogP contribution < -0.4 is 5.32 Å². The summed E-state index contributed by atoms with van der Waals surface area (Å²) in [7, 11) is 5.31. The molecule has 1 heterocycles. The zero-order valence-electron chi connectivity index (χ0n) is 8.97. The molecule has 0 radical (unpaired) electrons. The molecule has 82 valence electrons. The maximum atomic E-state index is 9.24. The van der Waals surface area contributed by atoms with Crippen LogP contribution in [0.25, 0.3) is 0 Å². The third-order valence-electron chi connectivity index (χ3n) is 1.32. The van der Waals surface area contributed by atoms with E-state index in [2.05, 4.69) is 10.4 Å². The van der Waals surface area contributed by atoms with E-state index in [1.165, 1.54) is 0 Å². The molecule has 1 rings (SSSR count). The quantitative estimate of drug-likeness (QED) is 0.704. The van der Waals surface area contributed by atoms with E-state index >= 15 is 0 Å². The van der Waals surface area contributed by atoms with E-state index in [4.69, 9.17) is 4.74 Å². The minimum Gasteiger partial charge on any atom is -0.389 e. The number of hydrogen-bond acceptors (Lipinski definition) is 4. The number of aromatic nitrogens is 2. The van der Waals surface area contributed by atoms with E-state index in [0.29, 0.717) is 13.2 Å². The molecule has 5 heteroatoms. The van der Waals surface area contributed by atoms with Crippen LogP contribution >= 0.6 is 0 Å². The lowest BCUT2D eigenvalue weighted by Gasteiger charge is -2.08. The summed E-state index contributed by atoms with van der Waals surface area (Å²) in [5, 5.41) is 15.9. The summed E-state index contributed by atoms with van der Waals surface area (Å²) in [6, 6.07) is 1.82. The molecule has 5 nitrogen and oxygen atoms in total. The van der Waals surface area contributed by atoms with E-state index in [0.717, 1.165) is 0 Å². The molecule has 0 saturated carbocycles. The number of hydrogen-bond donors (Lipinski definition) is 2. The van der Waals surface area contributed by atoms with E-state index in [1.807, 2.05) is 20.2 Å². The Morgan fingerprint density at radius 1 is 1.57 bits per heavy atom. The standard InChI is InChI=1S/C7H12N2O2.C2H7N/c1-11-6-7(10)5-9-4-2-3-8-9;1-3-2/h2-4,7,10H,5-6H2,1H3;3H,1-2H3. The number of nitrogens with zero attached hydrogens (tertiary/aromatic N) is 2. The van der Waals surface area contributed by atoms with Gasteiger partial charge in [0.25, 0.3) is 0 Å². The van der Waals surface area contributed by atoms with Crippen molar-refractivity contribution in [1.82, 2.24) is 15.1 Å². The van der Waals surface area contributed by atoms with Gasteiger partial charge in [0.15, 0.2) is 0 Å². The Balaban J connectivity index is 0.000000500. The third-order valence-corrected chi connectivity index (χ3v) is 1.32. The Morgan fingerprint density at radius 2 is 2.21 bits per heavy atom. The molecule has 1 unspecified atom stereocenters. The number of methoxy groups -OCH3 is 1. The average Bonchev–Trinajstić information content (AvgIpc) is 2.58. The molecule has 14 heavy (non-hydrogen) atoms. The van der Waals surface area contributed by atoms with Crippen LogP contribution in [-0.4, -0.2) is 48.8 Å². The van der Waals surface area contributed by atoms with Crippen molar-refractivity contribution in [1.29, 1.82) is 0 Å². The van der Waals surface area contributed by atoms with Crippen LogP contribution in [-0.2, 0) is 11.3 Å². The fraction of sp³-hybridized carbons (Fsp3) is 0.667.